The Morgan fingerprint density at radius 2 is 2.06 bits per heavy atom. The molecule has 0 fully saturated rings. The minimum Gasteiger partial charge on any atom is -0.497 e. The lowest BCUT2D eigenvalue weighted by Gasteiger charge is -2.25. The minimum absolute atomic E-state index is 0.347. The minimum atomic E-state index is 0.347. The topological polar surface area (TPSA) is 30.5 Å². The van der Waals surface area contributed by atoms with Crippen LogP contribution in [0.25, 0.3) is 0 Å². The van der Waals surface area contributed by atoms with E-state index in [-0.39, 0.29) is 0 Å². The molecule has 0 radical (unpaired) electrons. The first-order valence-electron chi connectivity index (χ1n) is 6.59. The van der Waals surface area contributed by atoms with Crippen molar-refractivity contribution in [1.82, 2.24) is 5.32 Å². The zero-order chi connectivity index (χ0) is 13.4. The van der Waals surface area contributed by atoms with Crippen LogP contribution in [0.2, 0.25) is 0 Å². The number of hydrogen-bond donors (Lipinski definition) is 1. The molecule has 0 aliphatic heterocycles. The highest BCUT2D eigenvalue weighted by atomic mass is 16.5. The molecule has 1 N–H and O–H groups in total. The highest BCUT2D eigenvalue weighted by Crippen LogP contribution is 2.27. The third-order valence-electron chi connectivity index (χ3n) is 3.22. The Hall–Kier alpha value is -1.06. The standard InChI is InChI=1S/C15H25NO2/c1-5-16-15(12(2)9-10-17-3)13-7-6-8-14(11-13)18-4/h6-8,11-12,15-16H,5,9-10H2,1-4H3. The summed E-state index contributed by atoms with van der Waals surface area (Å²) in [6, 6.07) is 8.63. The Balaban J connectivity index is 2.81. The monoisotopic (exact) mass is 251 g/mol. The molecule has 1 rings (SSSR count). The number of nitrogens with one attached hydrogen (secondary N) is 1. The van der Waals surface area contributed by atoms with Crippen LogP contribution >= 0.6 is 0 Å². The predicted molar refractivity (Wildman–Crippen MR) is 75.1 cm³/mol. The summed E-state index contributed by atoms with van der Waals surface area (Å²) in [6.45, 7) is 6.15. The fourth-order valence-corrected chi connectivity index (χ4v) is 2.17. The second kappa shape index (κ2) is 8.11. The van der Waals surface area contributed by atoms with Crippen molar-refractivity contribution in [3.8, 4) is 5.75 Å². The third kappa shape index (κ3) is 4.31. The molecule has 2 unspecified atom stereocenters. The summed E-state index contributed by atoms with van der Waals surface area (Å²) >= 11 is 0. The van der Waals surface area contributed by atoms with Crippen molar-refractivity contribution < 1.29 is 9.47 Å². The molecule has 2 atom stereocenters. The molecule has 0 spiro atoms. The van der Waals surface area contributed by atoms with Crippen molar-refractivity contribution in [2.45, 2.75) is 26.3 Å². The van der Waals surface area contributed by atoms with Crippen molar-refractivity contribution in [2.24, 2.45) is 5.92 Å². The molecule has 3 heteroatoms. The van der Waals surface area contributed by atoms with E-state index in [0.717, 1.165) is 25.3 Å². The molecule has 1 aromatic carbocycles. The second-order valence-electron chi connectivity index (χ2n) is 4.57. The number of rotatable bonds is 8. The largest absolute Gasteiger partial charge is 0.497 e. The highest BCUT2D eigenvalue weighted by molar-refractivity contribution is 5.30. The Morgan fingerprint density at radius 3 is 2.67 bits per heavy atom. The van der Waals surface area contributed by atoms with E-state index >= 15 is 0 Å². The first-order chi connectivity index (χ1) is 8.72. The van der Waals surface area contributed by atoms with Gasteiger partial charge in [-0.05, 0) is 36.6 Å². The zero-order valence-corrected chi connectivity index (χ0v) is 11.9. The van der Waals surface area contributed by atoms with E-state index in [1.165, 1.54) is 5.56 Å². The van der Waals surface area contributed by atoms with E-state index in [9.17, 15) is 0 Å². The molecular formula is C15H25NO2. The van der Waals surface area contributed by atoms with E-state index in [1.54, 1.807) is 14.2 Å². The van der Waals surface area contributed by atoms with Gasteiger partial charge in [0.1, 0.15) is 5.75 Å². The van der Waals surface area contributed by atoms with Crippen LogP contribution < -0.4 is 10.1 Å². The summed E-state index contributed by atoms with van der Waals surface area (Å²) in [5.74, 6) is 1.44. The number of hydrogen-bond acceptors (Lipinski definition) is 3. The van der Waals surface area contributed by atoms with Crippen molar-refractivity contribution in [2.75, 3.05) is 27.4 Å². The van der Waals surface area contributed by atoms with Gasteiger partial charge in [-0.25, -0.2) is 0 Å². The van der Waals surface area contributed by atoms with Crippen molar-refractivity contribution >= 4 is 0 Å². The van der Waals surface area contributed by atoms with Gasteiger partial charge >= 0.3 is 0 Å². The molecule has 102 valence electrons. The van der Waals surface area contributed by atoms with Gasteiger partial charge in [-0.15, -0.1) is 0 Å². The van der Waals surface area contributed by atoms with E-state index < -0.39 is 0 Å². The fourth-order valence-electron chi connectivity index (χ4n) is 2.17. The van der Waals surface area contributed by atoms with Gasteiger partial charge in [0.2, 0.25) is 0 Å². The molecule has 0 bridgehead atoms. The SMILES string of the molecule is CCNC(c1cccc(OC)c1)C(C)CCOC. The smallest absolute Gasteiger partial charge is 0.119 e. The van der Waals surface area contributed by atoms with Gasteiger partial charge in [-0.2, -0.15) is 0 Å². The maximum Gasteiger partial charge on any atom is 0.119 e. The Morgan fingerprint density at radius 1 is 1.28 bits per heavy atom. The van der Waals surface area contributed by atoms with Gasteiger partial charge in [-0.3, -0.25) is 0 Å². The lowest BCUT2D eigenvalue weighted by molar-refractivity contribution is 0.170. The zero-order valence-electron chi connectivity index (χ0n) is 11.9. The fraction of sp³-hybridized carbons (Fsp3) is 0.600. The highest BCUT2D eigenvalue weighted by Gasteiger charge is 2.18. The second-order valence-corrected chi connectivity index (χ2v) is 4.57. The van der Waals surface area contributed by atoms with E-state index in [1.807, 2.05) is 12.1 Å². The maximum absolute atomic E-state index is 5.29. The van der Waals surface area contributed by atoms with Gasteiger partial charge in [0.15, 0.2) is 0 Å². The molecule has 0 heterocycles. The lowest BCUT2D eigenvalue weighted by Crippen LogP contribution is -2.27. The summed E-state index contributed by atoms with van der Waals surface area (Å²) in [5, 5.41) is 3.55. The average Bonchev–Trinajstić information content (AvgIpc) is 2.42. The van der Waals surface area contributed by atoms with Crippen molar-refractivity contribution in [1.29, 1.82) is 0 Å². The normalized spacial score (nSPS) is 14.2. The average molecular weight is 251 g/mol. The van der Waals surface area contributed by atoms with E-state index in [2.05, 4.69) is 31.3 Å². The molecule has 18 heavy (non-hydrogen) atoms. The van der Waals surface area contributed by atoms with Crippen molar-refractivity contribution in [3.63, 3.8) is 0 Å². The van der Waals surface area contributed by atoms with Crippen LogP contribution in [0, 0.1) is 5.92 Å². The molecule has 0 saturated carbocycles. The molecule has 3 nitrogen and oxygen atoms in total. The van der Waals surface area contributed by atoms with Crippen LogP contribution in [0.3, 0.4) is 0 Å². The van der Waals surface area contributed by atoms with Crippen LogP contribution in [0.5, 0.6) is 5.75 Å². The molecule has 0 aliphatic rings. The quantitative estimate of drug-likeness (QED) is 0.770. The van der Waals surface area contributed by atoms with Crippen molar-refractivity contribution in [3.05, 3.63) is 29.8 Å². The Labute approximate surface area is 110 Å². The van der Waals surface area contributed by atoms with Crippen LogP contribution in [0.1, 0.15) is 31.9 Å². The van der Waals surface area contributed by atoms with Crippen LogP contribution in [0.15, 0.2) is 24.3 Å². The summed E-state index contributed by atoms with van der Waals surface area (Å²) in [7, 11) is 3.45. The molecule has 0 saturated heterocycles. The molecule has 0 aliphatic carbocycles. The molecule has 1 aromatic rings. The first-order valence-corrected chi connectivity index (χ1v) is 6.59. The lowest BCUT2D eigenvalue weighted by atomic mass is 9.92. The maximum atomic E-state index is 5.29. The van der Waals surface area contributed by atoms with E-state index in [4.69, 9.17) is 9.47 Å². The van der Waals surface area contributed by atoms with Gasteiger partial charge in [0.05, 0.1) is 7.11 Å². The van der Waals surface area contributed by atoms with Gasteiger partial charge in [-0.1, -0.05) is 26.0 Å². The molecule has 0 amide bonds. The van der Waals surface area contributed by atoms with Crippen LogP contribution in [-0.4, -0.2) is 27.4 Å². The van der Waals surface area contributed by atoms with Gasteiger partial charge in [0, 0.05) is 19.8 Å². The van der Waals surface area contributed by atoms with Gasteiger partial charge in [0.25, 0.3) is 0 Å². The first kappa shape index (κ1) is 15.0. The summed E-state index contributed by atoms with van der Waals surface area (Å²) < 4.78 is 10.5. The van der Waals surface area contributed by atoms with Gasteiger partial charge < -0.3 is 14.8 Å². The summed E-state index contributed by atoms with van der Waals surface area (Å²) in [5.41, 5.74) is 1.28. The summed E-state index contributed by atoms with van der Waals surface area (Å²) in [6.07, 6.45) is 1.05. The third-order valence-corrected chi connectivity index (χ3v) is 3.22. The number of ether oxygens (including phenoxy) is 2. The van der Waals surface area contributed by atoms with E-state index in [0.29, 0.717) is 12.0 Å². The summed E-state index contributed by atoms with van der Waals surface area (Å²) in [4.78, 5) is 0. The Kier molecular flexibility index (Phi) is 6.76. The number of benzene rings is 1. The van der Waals surface area contributed by atoms with Crippen LogP contribution in [0.4, 0.5) is 0 Å². The number of methoxy groups -OCH3 is 2. The molecule has 0 aromatic heterocycles. The van der Waals surface area contributed by atoms with Crippen LogP contribution in [-0.2, 0) is 4.74 Å². The molecular weight excluding hydrogens is 226 g/mol. The Bertz CT molecular complexity index is 341. The predicted octanol–water partition coefficient (Wildman–Crippen LogP) is 3.02.